The van der Waals surface area contributed by atoms with E-state index in [2.05, 4.69) is 24.5 Å². The van der Waals surface area contributed by atoms with Crippen molar-refractivity contribution in [2.24, 2.45) is 10.9 Å². The summed E-state index contributed by atoms with van der Waals surface area (Å²) >= 11 is 0. The lowest BCUT2D eigenvalue weighted by atomic mass is 10.2. The minimum absolute atomic E-state index is 0.215. The molecule has 0 radical (unpaired) electrons. The average Bonchev–Trinajstić information content (AvgIpc) is 3.12. The van der Waals surface area contributed by atoms with Crippen molar-refractivity contribution in [3.63, 3.8) is 0 Å². The predicted molar refractivity (Wildman–Crippen MR) is 115 cm³/mol. The topological polar surface area (TPSA) is 73.3 Å². The summed E-state index contributed by atoms with van der Waals surface area (Å²) in [6.07, 6.45) is 4.22. The van der Waals surface area contributed by atoms with Gasteiger partial charge in [0.15, 0.2) is 17.5 Å². The maximum Gasteiger partial charge on any atom is 0.195 e. The van der Waals surface area contributed by atoms with Crippen molar-refractivity contribution < 1.29 is 18.9 Å². The van der Waals surface area contributed by atoms with Crippen molar-refractivity contribution in [3.05, 3.63) is 18.2 Å². The molecule has 2 aliphatic heterocycles. The standard InChI is InChI=1S/C22H35N3O4/c1-17(2)16-26-10-4-9-23-22(24-15-19-6-3-11-27-19)25-18-7-8-20-21(14-18)29-13-5-12-28-20/h7-8,14,17,19H,3-6,9-13,15-16H2,1-2H3,(H2,23,24,25). The molecule has 0 spiro atoms. The maximum absolute atomic E-state index is 5.79. The molecule has 7 nitrogen and oxygen atoms in total. The number of aliphatic imine (C=N–C) groups is 1. The van der Waals surface area contributed by atoms with E-state index in [0.717, 1.165) is 75.2 Å². The second-order valence-electron chi connectivity index (χ2n) is 7.91. The Hall–Kier alpha value is -1.99. The number of ether oxygens (including phenoxy) is 4. The van der Waals surface area contributed by atoms with Crippen LogP contribution in [0.2, 0.25) is 0 Å². The zero-order valence-corrected chi connectivity index (χ0v) is 17.7. The van der Waals surface area contributed by atoms with Crippen LogP contribution in [-0.4, -0.2) is 58.2 Å². The Bertz CT molecular complexity index is 645. The van der Waals surface area contributed by atoms with Crippen LogP contribution in [0.5, 0.6) is 11.5 Å². The predicted octanol–water partition coefficient (Wildman–Crippen LogP) is 3.45. The summed E-state index contributed by atoms with van der Waals surface area (Å²) in [4.78, 5) is 4.73. The van der Waals surface area contributed by atoms with Crippen LogP contribution >= 0.6 is 0 Å². The number of benzene rings is 1. The van der Waals surface area contributed by atoms with Crippen molar-refractivity contribution in [2.45, 2.75) is 45.6 Å². The first kappa shape index (κ1) is 21.7. The highest BCUT2D eigenvalue weighted by Gasteiger charge is 2.15. The summed E-state index contributed by atoms with van der Waals surface area (Å²) in [5, 5.41) is 6.79. The van der Waals surface area contributed by atoms with Gasteiger partial charge in [-0.05, 0) is 37.3 Å². The highest BCUT2D eigenvalue weighted by Crippen LogP contribution is 2.32. The van der Waals surface area contributed by atoms with Crippen molar-refractivity contribution in [2.75, 3.05) is 51.4 Å². The zero-order valence-electron chi connectivity index (χ0n) is 17.7. The molecule has 0 aromatic heterocycles. The normalized spacial score (nSPS) is 19.3. The molecule has 1 fully saturated rings. The summed E-state index contributed by atoms with van der Waals surface area (Å²) < 4.78 is 22.9. The summed E-state index contributed by atoms with van der Waals surface area (Å²) in [5.74, 6) is 2.88. The molecule has 1 aromatic carbocycles. The van der Waals surface area contributed by atoms with Crippen molar-refractivity contribution in [3.8, 4) is 11.5 Å². The van der Waals surface area contributed by atoms with Crippen molar-refractivity contribution >= 4 is 11.6 Å². The Kier molecular flexibility index (Phi) is 8.89. The zero-order chi connectivity index (χ0) is 20.3. The summed E-state index contributed by atoms with van der Waals surface area (Å²) in [6.45, 7) is 9.51. The number of nitrogens with one attached hydrogen (secondary N) is 2. The number of guanidine groups is 1. The third-order valence-corrected chi connectivity index (χ3v) is 4.70. The number of hydrogen-bond donors (Lipinski definition) is 2. The van der Waals surface area contributed by atoms with Gasteiger partial charge in [-0.3, -0.25) is 4.99 Å². The maximum atomic E-state index is 5.79. The van der Waals surface area contributed by atoms with Gasteiger partial charge in [0, 0.05) is 44.5 Å². The first-order valence-corrected chi connectivity index (χ1v) is 10.8. The molecule has 3 rings (SSSR count). The van der Waals surface area contributed by atoms with Crippen molar-refractivity contribution in [1.29, 1.82) is 0 Å². The minimum atomic E-state index is 0.215. The molecular formula is C22H35N3O4. The third kappa shape index (κ3) is 7.74. The second kappa shape index (κ2) is 11.9. The Morgan fingerprint density at radius 2 is 2.03 bits per heavy atom. The monoisotopic (exact) mass is 405 g/mol. The van der Waals surface area contributed by atoms with Gasteiger partial charge in [0.2, 0.25) is 0 Å². The van der Waals surface area contributed by atoms with Crippen molar-refractivity contribution in [1.82, 2.24) is 5.32 Å². The SMILES string of the molecule is CC(C)COCCCNC(=NCC1CCCO1)Nc1ccc2c(c1)OCCCO2. The molecule has 2 N–H and O–H groups in total. The number of nitrogens with zero attached hydrogens (tertiary/aromatic N) is 1. The molecule has 1 unspecified atom stereocenters. The lowest BCUT2D eigenvalue weighted by Crippen LogP contribution is -2.33. The molecule has 7 heteroatoms. The quantitative estimate of drug-likeness (QED) is 0.372. The van der Waals surface area contributed by atoms with Gasteiger partial charge >= 0.3 is 0 Å². The first-order valence-electron chi connectivity index (χ1n) is 10.8. The number of hydrogen-bond acceptors (Lipinski definition) is 5. The fourth-order valence-electron chi connectivity index (χ4n) is 3.20. The molecule has 0 bridgehead atoms. The molecule has 0 saturated carbocycles. The molecule has 29 heavy (non-hydrogen) atoms. The Labute approximate surface area is 174 Å². The van der Waals surface area contributed by atoms with Gasteiger partial charge in [0.25, 0.3) is 0 Å². The van der Waals surface area contributed by atoms with E-state index in [1.165, 1.54) is 0 Å². The van der Waals surface area contributed by atoms with Gasteiger partial charge in [0.1, 0.15) is 0 Å². The molecule has 0 aliphatic carbocycles. The number of rotatable bonds is 9. The molecule has 1 saturated heterocycles. The lowest BCUT2D eigenvalue weighted by Gasteiger charge is -2.16. The van der Waals surface area contributed by atoms with Crippen LogP contribution in [0.15, 0.2) is 23.2 Å². The average molecular weight is 406 g/mol. The van der Waals surface area contributed by atoms with Gasteiger partial charge in [-0.25, -0.2) is 0 Å². The smallest absolute Gasteiger partial charge is 0.195 e. The highest BCUT2D eigenvalue weighted by molar-refractivity contribution is 5.94. The minimum Gasteiger partial charge on any atom is -0.490 e. The molecule has 162 valence electrons. The van der Waals surface area contributed by atoms with E-state index in [9.17, 15) is 0 Å². The van der Waals surface area contributed by atoms with E-state index < -0.39 is 0 Å². The van der Waals surface area contributed by atoms with Gasteiger partial charge < -0.3 is 29.6 Å². The van der Waals surface area contributed by atoms with Crippen LogP contribution in [0.3, 0.4) is 0 Å². The van der Waals surface area contributed by atoms with Crippen LogP contribution in [0.1, 0.15) is 39.5 Å². The lowest BCUT2D eigenvalue weighted by molar-refractivity contribution is 0.108. The summed E-state index contributed by atoms with van der Waals surface area (Å²) in [6, 6.07) is 5.90. The summed E-state index contributed by atoms with van der Waals surface area (Å²) in [7, 11) is 0. The van der Waals surface area contributed by atoms with Crippen LogP contribution in [0.4, 0.5) is 5.69 Å². The van der Waals surface area contributed by atoms with E-state index >= 15 is 0 Å². The Balaban J connectivity index is 1.55. The molecule has 2 aliphatic rings. The first-order chi connectivity index (χ1) is 14.2. The van der Waals surface area contributed by atoms with Crippen LogP contribution in [-0.2, 0) is 9.47 Å². The fourth-order valence-corrected chi connectivity index (χ4v) is 3.20. The molecular weight excluding hydrogens is 370 g/mol. The van der Waals surface area contributed by atoms with Crippen LogP contribution < -0.4 is 20.1 Å². The van der Waals surface area contributed by atoms with Crippen LogP contribution in [0.25, 0.3) is 0 Å². The van der Waals surface area contributed by atoms with E-state index in [1.54, 1.807) is 0 Å². The fraction of sp³-hybridized carbons (Fsp3) is 0.682. The van der Waals surface area contributed by atoms with Crippen LogP contribution in [0, 0.1) is 5.92 Å². The second-order valence-corrected chi connectivity index (χ2v) is 7.91. The van der Waals surface area contributed by atoms with Gasteiger partial charge in [0.05, 0.1) is 25.9 Å². The molecule has 2 heterocycles. The highest BCUT2D eigenvalue weighted by atomic mass is 16.5. The van der Waals surface area contributed by atoms with E-state index in [-0.39, 0.29) is 6.10 Å². The molecule has 0 amide bonds. The summed E-state index contributed by atoms with van der Waals surface area (Å²) in [5.41, 5.74) is 0.920. The van der Waals surface area contributed by atoms with E-state index in [1.807, 2.05) is 18.2 Å². The van der Waals surface area contributed by atoms with Gasteiger partial charge in [-0.1, -0.05) is 13.8 Å². The largest absolute Gasteiger partial charge is 0.490 e. The third-order valence-electron chi connectivity index (χ3n) is 4.70. The van der Waals surface area contributed by atoms with E-state index in [4.69, 9.17) is 23.9 Å². The van der Waals surface area contributed by atoms with E-state index in [0.29, 0.717) is 25.7 Å². The van der Waals surface area contributed by atoms with Gasteiger partial charge in [-0.15, -0.1) is 0 Å². The van der Waals surface area contributed by atoms with Gasteiger partial charge in [-0.2, -0.15) is 0 Å². The molecule has 1 atom stereocenters. The Morgan fingerprint density at radius 3 is 2.83 bits per heavy atom. The number of fused-ring (bicyclic) bond motifs is 1. The Morgan fingerprint density at radius 1 is 1.17 bits per heavy atom. The number of anilines is 1. The molecule has 1 aromatic rings.